The first kappa shape index (κ1) is 12.8. The van der Waals surface area contributed by atoms with E-state index in [1.54, 1.807) is 6.07 Å². The number of ether oxygens (including phenoxy) is 1. The average molecular weight is 276 g/mol. The van der Waals surface area contributed by atoms with Gasteiger partial charge >= 0.3 is 6.61 Å². The van der Waals surface area contributed by atoms with Crippen LogP contribution in [0, 0.1) is 0 Å². The van der Waals surface area contributed by atoms with E-state index in [0.29, 0.717) is 0 Å². The molecular weight excluding hydrogens is 268 g/mol. The fourth-order valence-corrected chi connectivity index (χ4v) is 2.10. The normalized spacial score (nSPS) is 23.3. The van der Waals surface area contributed by atoms with E-state index in [-0.39, 0.29) is 11.3 Å². The fraction of sp³-hybridized carbons (Fsp3) is 0.273. The van der Waals surface area contributed by atoms with E-state index in [1.807, 2.05) is 5.32 Å². The van der Waals surface area contributed by atoms with Crippen LogP contribution in [0.2, 0.25) is 0 Å². The van der Waals surface area contributed by atoms with Gasteiger partial charge in [-0.1, -0.05) is 18.2 Å². The van der Waals surface area contributed by atoms with Crippen molar-refractivity contribution in [3.05, 3.63) is 29.8 Å². The number of benzene rings is 1. The molecule has 0 radical (unpaired) electrons. The Morgan fingerprint density at radius 1 is 1.22 bits per heavy atom. The van der Waals surface area contributed by atoms with Crippen LogP contribution in [0.15, 0.2) is 24.3 Å². The number of alkyl halides is 3. The Labute approximate surface area is 106 Å². The summed E-state index contributed by atoms with van der Waals surface area (Å²) >= 11 is 5.79. The lowest BCUT2D eigenvalue weighted by Gasteiger charge is -2.15. The van der Waals surface area contributed by atoms with Crippen molar-refractivity contribution in [1.82, 2.24) is 5.32 Å². The molecule has 4 nitrogen and oxygen atoms in total. The van der Waals surface area contributed by atoms with Gasteiger partial charge in [0, 0.05) is 5.56 Å². The lowest BCUT2D eigenvalue weighted by Crippen LogP contribution is -2.22. The number of para-hydroxylation sites is 1. The van der Waals surface area contributed by atoms with E-state index < -0.39 is 29.7 Å². The summed E-state index contributed by atoms with van der Waals surface area (Å²) in [6.45, 7) is -3.01. The quantitative estimate of drug-likeness (QED) is 0.674. The van der Waals surface area contributed by atoms with Crippen molar-refractivity contribution >= 4 is 23.4 Å². The van der Waals surface area contributed by atoms with Crippen LogP contribution in [0.5, 0.6) is 5.75 Å². The van der Waals surface area contributed by atoms with Gasteiger partial charge in [-0.15, -0.1) is 11.6 Å². The number of halogens is 3. The molecule has 2 atom stereocenters. The molecule has 1 aliphatic heterocycles. The molecule has 0 spiro atoms. The number of amides is 2. The molecule has 2 rings (SSSR count). The van der Waals surface area contributed by atoms with Gasteiger partial charge in [0.05, 0.1) is 5.92 Å². The van der Waals surface area contributed by atoms with Gasteiger partial charge in [-0.25, -0.2) is 0 Å². The van der Waals surface area contributed by atoms with Gasteiger partial charge in [0.1, 0.15) is 11.1 Å². The van der Waals surface area contributed by atoms with Crippen molar-refractivity contribution < 1.29 is 23.1 Å². The summed E-state index contributed by atoms with van der Waals surface area (Å²) < 4.78 is 28.8. The maximum absolute atomic E-state index is 12.2. The second-order valence-electron chi connectivity index (χ2n) is 3.65. The van der Waals surface area contributed by atoms with Gasteiger partial charge in [0.25, 0.3) is 0 Å². The minimum absolute atomic E-state index is 0.159. The van der Waals surface area contributed by atoms with Crippen LogP contribution in [0.25, 0.3) is 0 Å². The highest BCUT2D eigenvalue weighted by atomic mass is 35.5. The largest absolute Gasteiger partial charge is 0.435 e. The van der Waals surface area contributed by atoms with Crippen molar-refractivity contribution in [1.29, 1.82) is 0 Å². The number of rotatable bonds is 3. The Morgan fingerprint density at radius 2 is 1.89 bits per heavy atom. The minimum Gasteiger partial charge on any atom is -0.435 e. The summed E-state index contributed by atoms with van der Waals surface area (Å²) in [5, 5.41) is 0.918. The summed E-state index contributed by atoms with van der Waals surface area (Å²) in [4.78, 5) is 22.8. The van der Waals surface area contributed by atoms with Crippen LogP contribution in [-0.4, -0.2) is 23.8 Å². The smallest absolute Gasteiger partial charge is 0.387 e. The number of nitrogens with one attached hydrogen (secondary N) is 1. The number of carbonyl (C=O) groups is 2. The molecule has 2 amide bonds. The molecule has 1 aromatic rings. The molecule has 0 aromatic heterocycles. The fourth-order valence-electron chi connectivity index (χ4n) is 1.79. The monoisotopic (exact) mass is 275 g/mol. The molecule has 1 aromatic carbocycles. The molecule has 96 valence electrons. The molecule has 0 bridgehead atoms. The van der Waals surface area contributed by atoms with E-state index in [4.69, 9.17) is 11.6 Å². The predicted molar refractivity (Wildman–Crippen MR) is 58.6 cm³/mol. The molecule has 1 fully saturated rings. The Bertz CT molecular complexity index is 495. The molecule has 1 aliphatic rings. The second-order valence-corrected chi connectivity index (χ2v) is 4.12. The van der Waals surface area contributed by atoms with Crippen molar-refractivity contribution in [2.75, 3.05) is 0 Å². The molecule has 18 heavy (non-hydrogen) atoms. The van der Waals surface area contributed by atoms with E-state index in [9.17, 15) is 18.4 Å². The highest BCUT2D eigenvalue weighted by Gasteiger charge is 2.42. The minimum atomic E-state index is -3.01. The maximum Gasteiger partial charge on any atom is 0.387 e. The molecule has 7 heteroatoms. The van der Waals surface area contributed by atoms with Crippen LogP contribution in [0.3, 0.4) is 0 Å². The maximum atomic E-state index is 12.2. The first-order valence-electron chi connectivity index (χ1n) is 5.03. The molecular formula is C11H8ClF2NO3. The third kappa shape index (κ3) is 2.28. The third-order valence-corrected chi connectivity index (χ3v) is 2.99. The predicted octanol–water partition coefficient (Wildman–Crippen LogP) is 1.64. The zero-order chi connectivity index (χ0) is 13.3. The van der Waals surface area contributed by atoms with E-state index in [2.05, 4.69) is 4.74 Å². The van der Waals surface area contributed by atoms with E-state index in [0.717, 1.165) is 0 Å². The first-order chi connectivity index (χ1) is 8.50. The second kappa shape index (κ2) is 4.89. The summed E-state index contributed by atoms with van der Waals surface area (Å²) in [7, 11) is 0. The lowest BCUT2D eigenvalue weighted by atomic mass is 9.96. The van der Waals surface area contributed by atoms with Gasteiger partial charge in [0.15, 0.2) is 0 Å². The van der Waals surface area contributed by atoms with Gasteiger partial charge in [-0.05, 0) is 6.07 Å². The zero-order valence-corrected chi connectivity index (χ0v) is 9.66. The van der Waals surface area contributed by atoms with Crippen LogP contribution in [0.4, 0.5) is 8.78 Å². The Balaban J connectivity index is 2.38. The van der Waals surface area contributed by atoms with E-state index >= 15 is 0 Å². The third-order valence-electron chi connectivity index (χ3n) is 2.54. The Hall–Kier alpha value is -1.69. The molecule has 0 aliphatic carbocycles. The highest BCUT2D eigenvalue weighted by molar-refractivity contribution is 6.37. The lowest BCUT2D eigenvalue weighted by molar-refractivity contribution is -0.125. The SMILES string of the molecule is O=C1NC(=O)C(c2ccccc2OC(F)F)C1Cl. The van der Waals surface area contributed by atoms with Crippen LogP contribution in [-0.2, 0) is 9.59 Å². The molecule has 0 saturated carbocycles. The van der Waals surface area contributed by atoms with Gasteiger partial charge < -0.3 is 4.74 Å². The standard InChI is InChI=1S/C11H8ClF2NO3/c12-8-7(9(16)15-10(8)17)5-3-1-2-4-6(5)18-11(13)14/h1-4,7-8,11H,(H,15,16,17). The zero-order valence-electron chi connectivity index (χ0n) is 8.90. The molecule has 2 unspecified atom stereocenters. The number of imide groups is 1. The van der Waals surface area contributed by atoms with Crippen molar-refractivity contribution in [2.24, 2.45) is 0 Å². The highest BCUT2D eigenvalue weighted by Crippen LogP contribution is 2.35. The molecule has 1 saturated heterocycles. The van der Waals surface area contributed by atoms with Crippen molar-refractivity contribution in [3.8, 4) is 5.75 Å². The topological polar surface area (TPSA) is 55.4 Å². The van der Waals surface area contributed by atoms with Gasteiger partial charge in [-0.3, -0.25) is 14.9 Å². The summed E-state index contributed by atoms with van der Waals surface area (Å²) in [6.07, 6.45) is 0. The molecule has 1 heterocycles. The van der Waals surface area contributed by atoms with Crippen molar-refractivity contribution in [3.63, 3.8) is 0 Å². The summed E-state index contributed by atoms with van der Waals surface area (Å²) in [6, 6.07) is 5.75. The number of carbonyl (C=O) groups excluding carboxylic acids is 2. The first-order valence-corrected chi connectivity index (χ1v) is 5.47. The van der Waals surface area contributed by atoms with Crippen LogP contribution >= 0.6 is 11.6 Å². The van der Waals surface area contributed by atoms with Crippen LogP contribution < -0.4 is 10.1 Å². The van der Waals surface area contributed by atoms with Crippen molar-refractivity contribution in [2.45, 2.75) is 17.9 Å². The summed E-state index contributed by atoms with van der Waals surface area (Å²) in [5.41, 5.74) is 0.168. The number of hydrogen-bond donors (Lipinski definition) is 1. The molecule has 1 N–H and O–H groups in total. The van der Waals surface area contributed by atoms with Gasteiger partial charge in [-0.2, -0.15) is 8.78 Å². The Kier molecular flexibility index (Phi) is 3.47. The average Bonchev–Trinajstić information content (AvgIpc) is 2.54. The number of hydrogen-bond acceptors (Lipinski definition) is 3. The Morgan fingerprint density at radius 3 is 2.44 bits per heavy atom. The summed E-state index contributed by atoms with van der Waals surface area (Å²) in [5.74, 6) is -2.44. The van der Waals surface area contributed by atoms with Gasteiger partial charge in [0.2, 0.25) is 11.8 Å². The van der Waals surface area contributed by atoms with Crippen LogP contribution in [0.1, 0.15) is 11.5 Å². The van der Waals surface area contributed by atoms with E-state index in [1.165, 1.54) is 18.2 Å².